The zero-order chi connectivity index (χ0) is 15.1. The van der Waals surface area contributed by atoms with Gasteiger partial charge in [0, 0.05) is 19.1 Å². The molecule has 0 unspecified atom stereocenters. The van der Waals surface area contributed by atoms with Crippen molar-refractivity contribution in [2.45, 2.75) is 73.3 Å². The highest BCUT2D eigenvalue weighted by Gasteiger charge is 2.37. The van der Waals surface area contributed by atoms with E-state index >= 15 is 0 Å². The molecule has 3 heteroatoms. The van der Waals surface area contributed by atoms with Crippen LogP contribution in [0.2, 0.25) is 0 Å². The lowest BCUT2D eigenvalue weighted by molar-refractivity contribution is -0.151. The van der Waals surface area contributed by atoms with Gasteiger partial charge in [0.25, 0.3) is 0 Å². The van der Waals surface area contributed by atoms with Crippen LogP contribution in [0.3, 0.4) is 0 Å². The maximum absolute atomic E-state index is 11.7. The highest BCUT2D eigenvalue weighted by molar-refractivity contribution is 5.74. The van der Waals surface area contributed by atoms with Crippen LogP contribution in [0.4, 0.5) is 0 Å². The summed E-state index contributed by atoms with van der Waals surface area (Å²) in [5, 5.41) is 9.61. The Morgan fingerprint density at radius 1 is 1.11 bits per heavy atom. The monoisotopic (exact) mass is 271 g/mol. The highest BCUT2D eigenvalue weighted by atomic mass is 16.4. The summed E-state index contributed by atoms with van der Waals surface area (Å²) in [4.78, 5) is 14.1. The fourth-order valence-corrected chi connectivity index (χ4v) is 2.85. The average molecular weight is 271 g/mol. The second kappa shape index (κ2) is 8.57. The maximum Gasteiger partial charge on any atom is 0.310 e. The van der Waals surface area contributed by atoms with Gasteiger partial charge in [-0.2, -0.15) is 0 Å². The van der Waals surface area contributed by atoms with Crippen LogP contribution in [0.25, 0.3) is 0 Å². The van der Waals surface area contributed by atoms with Crippen LogP contribution >= 0.6 is 0 Å². The van der Waals surface area contributed by atoms with Gasteiger partial charge in [-0.25, -0.2) is 0 Å². The highest BCUT2D eigenvalue weighted by Crippen LogP contribution is 2.30. The fourth-order valence-electron chi connectivity index (χ4n) is 2.85. The van der Waals surface area contributed by atoms with Crippen molar-refractivity contribution in [1.82, 2.24) is 4.90 Å². The van der Waals surface area contributed by atoms with Gasteiger partial charge in [0.2, 0.25) is 0 Å². The molecule has 0 bridgehead atoms. The summed E-state index contributed by atoms with van der Waals surface area (Å²) in [5.41, 5.74) is -0.586. The third-order valence-corrected chi connectivity index (χ3v) is 4.37. The molecule has 0 spiro atoms. The SMILES string of the molecule is CCC(CC)N(CC(C)C)CC(CC)(CC)C(=O)O. The molecule has 1 N–H and O–H groups in total. The van der Waals surface area contributed by atoms with Crippen molar-refractivity contribution in [2.75, 3.05) is 13.1 Å². The summed E-state index contributed by atoms with van der Waals surface area (Å²) in [6.07, 6.45) is 3.58. The Bertz CT molecular complexity index is 255. The van der Waals surface area contributed by atoms with Crippen LogP contribution in [-0.2, 0) is 4.79 Å². The summed E-state index contributed by atoms with van der Waals surface area (Å²) in [5.74, 6) is -0.0713. The normalized spacial score (nSPS) is 12.7. The predicted molar refractivity (Wildman–Crippen MR) is 81.4 cm³/mol. The minimum absolute atomic E-state index is 0.499. The average Bonchev–Trinajstić information content (AvgIpc) is 2.36. The molecule has 3 nitrogen and oxygen atoms in total. The van der Waals surface area contributed by atoms with Gasteiger partial charge in [0.15, 0.2) is 0 Å². The molecule has 19 heavy (non-hydrogen) atoms. The standard InChI is InChI=1S/C16H33NO2/c1-7-14(8-2)17(11-13(5)6)12-16(9-3,10-4)15(18)19/h13-14H,7-12H2,1-6H3,(H,18,19). The summed E-state index contributed by atoms with van der Waals surface area (Å²) in [7, 11) is 0. The molecule has 114 valence electrons. The minimum Gasteiger partial charge on any atom is -0.481 e. The summed E-state index contributed by atoms with van der Waals surface area (Å²) in [6.45, 7) is 14.5. The molecular weight excluding hydrogens is 238 g/mol. The molecule has 0 aliphatic heterocycles. The first-order chi connectivity index (χ1) is 8.86. The van der Waals surface area contributed by atoms with Crippen molar-refractivity contribution >= 4 is 5.97 Å². The third kappa shape index (κ3) is 5.13. The maximum atomic E-state index is 11.7. The van der Waals surface area contributed by atoms with E-state index in [1.807, 2.05) is 13.8 Å². The number of aliphatic carboxylic acids is 1. The van der Waals surface area contributed by atoms with E-state index in [-0.39, 0.29) is 0 Å². The van der Waals surface area contributed by atoms with E-state index in [2.05, 4.69) is 32.6 Å². The number of hydrogen-bond acceptors (Lipinski definition) is 2. The first kappa shape index (κ1) is 18.4. The van der Waals surface area contributed by atoms with Crippen LogP contribution < -0.4 is 0 Å². The van der Waals surface area contributed by atoms with Crippen molar-refractivity contribution in [3.05, 3.63) is 0 Å². The Kier molecular flexibility index (Phi) is 8.31. The van der Waals surface area contributed by atoms with Crippen molar-refractivity contribution in [1.29, 1.82) is 0 Å². The minimum atomic E-state index is -0.641. The summed E-state index contributed by atoms with van der Waals surface area (Å²) < 4.78 is 0. The molecule has 0 aromatic carbocycles. The second-order valence-corrected chi connectivity index (χ2v) is 6.09. The molecule has 0 aromatic heterocycles. The van der Waals surface area contributed by atoms with Gasteiger partial charge in [-0.15, -0.1) is 0 Å². The number of nitrogens with zero attached hydrogens (tertiary/aromatic N) is 1. The zero-order valence-corrected chi connectivity index (χ0v) is 13.7. The van der Waals surface area contributed by atoms with E-state index in [1.165, 1.54) is 0 Å². The Hall–Kier alpha value is -0.570. The Balaban J connectivity index is 5.10. The van der Waals surface area contributed by atoms with E-state index in [1.54, 1.807) is 0 Å². The number of hydrogen-bond donors (Lipinski definition) is 1. The second-order valence-electron chi connectivity index (χ2n) is 6.09. The fraction of sp³-hybridized carbons (Fsp3) is 0.938. The molecule has 0 fully saturated rings. The molecular formula is C16H33NO2. The molecule has 0 saturated heterocycles. The Morgan fingerprint density at radius 2 is 1.58 bits per heavy atom. The van der Waals surface area contributed by atoms with Gasteiger partial charge < -0.3 is 5.11 Å². The van der Waals surface area contributed by atoms with Gasteiger partial charge in [-0.3, -0.25) is 9.69 Å². The number of carbonyl (C=O) groups is 1. The van der Waals surface area contributed by atoms with Crippen molar-refractivity contribution < 1.29 is 9.90 Å². The lowest BCUT2D eigenvalue weighted by atomic mass is 9.81. The van der Waals surface area contributed by atoms with E-state index in [9.17, 15) is 9.90 Å². The summed E-state index contributed by atoms with van der Waals surface area (Å²) in [6, 6.07) is 0.499. The number of carboxylic acid groups (broad SMARTS) is 1. The van der Waals surface area contributed by atoms with Crippen LogP contribution in [-0.4, -0.2) is 35.1 Å². The predicted octanol–water partition coefficient (Wildman–Crippen LogP) is 4.02. The van der Waals surface area contributed by atoms with E-state index < -0.39 is 11.4 Å². The summed E-state index contributed by atoms with van der Waals surface area (Å²) >= 11 is 0. The molecule has 0 atom stereocenters. The van der Waals surface area contributed by atoms with Crippen molar-refractivity contribution in [2.24, 2.45) is 11.3 Å². The van der Waals surface area contributed by atoms with Crippen molar-refractivity contribution in [3.8, 4) is 0 Å². The quantitative estimate of drug-likeness (QED) is 0.652. The van der Waals surface area contributed by atoms with E-state index in [0.29, 0.717) is 31.3 Å². The van der Waals surface area contributed by atoms with Crippen LogP contribution in [0.5, 0.6) is 0 Å². The molecule has 0 radical (unpaired) electrons. The van der Waals surface area contributed by atoms with Gasteiger partial charge >= 0.3 is 5.97 Å². The van der Waals surface area contributed by atoms with Gasteiger partial charge in [0.1, 0.15) is 0 Å². The molecule has 0 aliphatic carbocycles. The molecule has 0 rings (SSSR count). The van der Waals surface area contributed by atoms with Gasteiger partial charge in [0.05, 0.1) is 5.41 Å². The van der Waals surface area contributed by atoms with E-state index in [4.69, 9.17) is 0 Å². The molecule has 0 aliphatic rings. The zero-order valence-electron chi connectivity index (χ0n) is 13.7. The third-order valence-electron chi connectivity index (χ3n) is 4.37. The largest absolute Gasteiger partial charge is 0.481 e. The molecule has 0 aromatic rings. The smallest absolute Gasteiger partial charge is 0.310 e. The lowest BCUT2D eigenvalue weighted by Crippen LogP contribution is -2.47. The lowest BCUT2D eigenvalue weighted by Gasteiger charge is -2.39. The van der Waals surface area contributed by atoms with Crippen LogP contribution in [0.1, 0.15) is 67.2 Å². The molecule has 0 amide bonds. The van der Waals surface area contributed by atoms with Gasteiger partial charge in [-0.05, 0) is 31.6 Å². The number of carboxylic acids is 1. The van der Waals surface area contributed by atoms with Crippen LogP contribution in [0, 0.1) is 11.3 Å². The first-order valence-corrected chi connectivity index (χ1v) is 7.84. The van der Waals surface area contributed by atoms with Crippen LogP contribution in [0.15, 0.2) is 0 Å². The Morgan fingerprint density at radius 3 is 1.84 bits per heavy atom. The first-order valence-electron chi connectivity index (χ1n) is 7.84. The molecule has 0 heterocycles. The van der Waals surface area contributed by atoms with Gasteiger partial charge in [-0.1, -0.05) is 41.5 Å². The van der Waals surface area contributed by atoms with Crippen molar-refractivity contribution in [3.63, 3.8) is 0 Å². The number of rotatable bonds is 10. The molecule has 0 saturated carbocycles. The topological polar surface area (TPSA) is 40.5 Å². The van der Waals surface area contributed by atoms with E-state index in [0.717, 1.165) is 19.4 Å². The Labute approximate surface area is 119 Å².